The standard InChI is InChI=1S/C25H28N2O4/c1-18(2)27(16-20-11-8-12-26-15-20)25(28)21-13-22(29-3)24(23(14-21)30-4)31-17-19-9-6-5-7-10-19/h5-15,18H,16-17H2,1-4H3. The topological polar surface area (TPSA) is 60.9 Å². The van der Waals surface area contributed by atoms with Gasteiger partial charge in [0.1, 0.15) is 6.61 Å². The highest BCUT2D eigenvalue weighted by molar-refractivity contribution is 5.95. The van der Waals surface area contributed by atoms with Gasteiger partial charge >= 0.3 is 0 Å². The summed E-state index contributed by atoms with van der Waals surface area (Å²) in [6.07, 6.45) is 3.49. The molecule has 1 amide bonds. The van der Waals surface area contributed by atoms with Crippen LogP contribution in [0.4, 0.5) is 0 Å². The van der Waals surface area contributed by atoms with Crippen LogP contribution in [0.3, 0.4) is 0 Å². The molecule has 1 aromatic heterocycles. The van der Waals surface area contributed by atoms with Crippen molar-refractivity contribution >= 4 is 5.91 Å². The maximum Gasteiger partial charge on any atom is 0.254 e. The van der Waals surface area contributed by atoms with Gasteiger partial charge in [0.2, 0.25) is 5.75 Å². The molecule has 1 heterocycles. The molecule has 0 radical (unpaired) electrons. The summed E-state index contributed by atoms with van der Waals surface area (Å²) in [5.74, 6) is 1.24. The van der Waals surface area contributed by atoms with Crippen LogP contribution in [0.25, 0.3) is 0 Å². The lowest BCUT2D eigenvalue weighted by Gasteiger charge is -2.27. The first-order valence-corrected chi connectivity index (χ1v) is 10.2. The third-order valence-electron chi connectivity index (χ3n) is 4.89. The largest absolute Gasteiger partial charge is 0.493 e. The van der Waals surface area contributed by atoms with E-state index < -0.39 is 0 Å². The lowest BCUT2D eigenvalue weighted by atomic mass is 10.1. The van der Waals surface area contributed by atoms with E-state index in [9.17, 15) is 4.79 Å². The van der Waals surface area contributed by atoms with Gasteiger partial charge in [0.25, 0.3) is 5.91 Å². The van der Waals surface area contributed by atoms with Gasteiger partial charge in [-0.2, -0.15) is 0 Å². The van der Waals surface area contributed by atoms with Gasteiger partial charge in [-0.25, -0.2) is 0 Å². The number of nitrogens with zero attached hydrogens (tertiary/aromatic N) is 2. The molecule has 0 aliphatic heterocycles. The minimum Gasteiger partial charge on any atom is -0.493 e. The smallest absolute Gasteiger partial charge is 0.254 e. The first kappa shape index (κ1) is 22.2. The van der Waals surface area contributed by atoms with Gasteiger partial charge < -0.3 is 19.1 Å². The van der Waals surface area contributed by atoms with E-state index in [1.54, 1.807) is 43.6 Å². The molecule has 0 saturated heterocycles. The predicted octanol–water partition coefficient (Wildman–Crippen LogP) is 4.73. The zero-order valence-corrected chi connectivity index (χ0v) is 18.4. The van der Waals surface area contributed by atoms with Crippen LogP contribution in [0.1, 0.15) is 35.3 Å². The SMILES string of the molecule is COc1cc(C(=O)N(Cc2cccnc2)C(C)C)cc(OC)c1OCc1ccccc1. The summed E-state index contributed by atoms with van der Waals surface area (Å²) in [5.41, 5.74) is 2.46. The van der Waals surface area contributed by atoms with E-state index in [2.05, 4.69) is 4.98 Å². The van der Waals surface area contributed by atoms with Crippen LogP contribution in [0.5, 0.6) is 17.2 Å². The number of pyridine rings is 1. The van der Waals surface area contributed by atoms with Crippen molar-refractivity contribution in [1.82, 2.24) is 9.88 Å². The summed E-state index contributed by atoms with van der Waals surface area (Å²) in [4.78, 5) is 19.3. The number of hydrogen-bond acceptors (Lipinski definition) is 5. The Bertz CT molecular complexity index is 966. The third-order valence-corrected chi connectivity index (χ3v) is 4.89. The van der Waals surface area contributed by atoms with Gasteiger partial charge in [-0.3, -0.25) is 9.78 Å². The van der Waals surface area contributed by atoms with Gasteiger partial charge in [-0.05, 0) is 43.2 Å². The van der Waals surface area contributed by atoms with Crippen LogP contribution in [0, 0.1) is 0 Å². The molecular weight excluding hydrogens is 392 g/mol. The quantitative estimate of drug-likeness (QED) is 0.501. The van der Waals surface area contributed by atoms with Crippen LogP contribution in [0.2, 0.25) is 0 Å². The molecule has 3 rings (SSSR count). The number of rotatable bonds is 9. The molecule has 0 N–H and O–H groups in total. The highest BCUT2D eigenvalue weighted by atomic mass is 16.5. The fraction of sp³-hybridized carbons (Fsp3) is 0.280. The Hall–Kier alpha value is -3.54. The molecule has 0 atom stereocenters. The molecule has 6 nitrogen and oxygen atoms in total. The number of benzene rings is 2. The molecule has 0 saturated carbocycles. The molecule has 0 spiro atoms. The minimum atomic E-state index is -0.120. The molecule has 2 aromatic carbocycles. The molecular formula is C25H28N2O4. The maximum absolute atomic E-state index is 13.4. The van der Waals surface area contributed by atoms with Crippen LogP contribution in [-0.4, -0.2) is 36.1 Å². The van der Waals surface area contributed by atoms with Crippen molar-refractivity contribution in [3.8, 4) is 17.2 Å². The van der Waals surface area contributed by atoms with Crippen molar-refractivity contribution in [3.05, 3.63) is 83.7 Å². The first-order valence-electron chi connectivity index (χ1n) is 10.2. The number of carbonyl (C=O) groups excluding carboxylic acids is 1. The zero-order valence-electron chi connectivity index (χ0n) is 18.4. The normalized spacial score (nSPS) is 10.6. The summed E-state index contributed by atoms with van der Waals surface area (Å²) in [6, 6.07) is 17.0. The van der Waals surface area contributed by atoms with Gasteiger partial charge in [-0.1, -0.05) is 36.4 Å². The van der Waals surface area contributed by atoms with Gasteiger partial charge in [0.05, 0.1) is 14.2 Å². The maximum atomic E-state index is 13.4. The van der Waals surface area contributed by atoms with E-state index in [0.29, 0.717) is 36.0 Å². The average Bonchev–Trinajstić information content (AvgIpc) is 2.81. The highest BCUT2D eigenvalue weighted by Gasteiger charge is 2.23. The fourth-order valence-corrected chi connectivity index (χ4v) is 3.22. The third kappa shape index (κ3) is 5.54. The highest BCUT2D eigenvalue weighted by Crippen LogP contribution is 2.39. The summed E-state index contributed by atoms with van der Waals surface area (Å²) in [7, 11) is 3.10. The average molecular weight is 421 g/mol. The minimum absolute atomic E-state index is 0.00120. The molecule has 3 aromatic rings. The summed E-state index contributed by atoms with van der Waals surface area (Å²) in [5, 5.41) is 0. The molecule has 0 bridgehead atoms. The Kier molecular flexibility index (Phi) is 7.49. The molecule has 6 heteroatoms. The lowest BCUT2D eigenvalue weighted by molar-refractivity contribution is 0.0689. The summed E-state index contributed by atoms with van der Waals surface area (Å²) < 4.78 is 17.1. The monoisotopic (exact) mass is 420 g/mol. The van der Waals surface area contributed by atoms with Gasteiger partial charge in [-0.15, -0.1) is 0 Å². The Labute approximate surface area is 183 Å². The number of ether oxygens (including phenoxy) is 3. The van der Waals surface area contributed by atoms with Crippen LogP contribution in [0.15, 0.2) is 67.0 Å². The number of carbonyl (C=O) groups is 1. The number of aromatic nitrogens is 1. The Morgan fingerprint density at radius 3 is 2.16 bits per heavy atom. The van der Waals surface area contributed by atoms with Gasteiger partial charge in [0, 0.05) is 30.5 Å². The molecule has 162 valence electrons. The number of methoxy groups -OCH3 is 2. The first-order chi connectivity index (χ1) is 15.0. The van der Waals surface area contributed by atoms with E-state index in [1.165, 1.54) is 0 Å². The van der Waals surface area contributed by atoms with Crippen LogP contribution >= 0.6 is 0 Å². The molecule has 31 heavy (non-hydrogen) atoms. The van der Waals surface area contributed by atoms with Crippen molar-refractivity contribution < 1.29 is 19.0 Å². The van der Waals surface area contributed by atoms with E-state index in [-0.39, 0.29) is 11.9 Å². The van der Waals surface area contributed by atoms with E-state index >= 15 is 0 Å². The fourth-order valence-electron chi connectivity index (χ4n) is 3.22. The summed E-state index contributed by atoms with van der Waals surface area (Å²) in [6.45, 7) is 4.79. The lowest BCUT2D eigenvalue weighted by Crippen LogP contribution is -2.36. The van der Waals surface area contributed by atoms with Crippen molar-refractivity contribution in [1.29, 1.82) is 0 Å². The van der Waals surface area contributed by atoms with Crippen LogP contribution in [-0.2, 0) is 13.2 Å². The Morgan fingerprint density at radius 1 is 0.968 bits per heavy atom. The molecule has 0 unspecified atom stereocenters. The zero-order chi connectivity index (χ0) is 22.2. The molecule has 0 fully saturated rings. The predicted molar refractivity (Wildman–Crippen MR) is 120 cm³/mol. The summed E-state index contributed by atoms with van der Waals surface area (Å²) >= 11 is 0. The number of amides is 1. The molecule has 0 aliphatic carbocycles. The van der Waals surface area contributed by atoms with Crippen molar-refractivity contribution in [2.24, 2.45) is 0 Å². The van der Waals surface area contributed by atoms with E-state index in [4.69, 9.17) is 14.2 Å². The van der Waals surface area contributed by atoms with E-state index in [0.717, 1.165) is 11.1 Å². The van der Waals surface area contributed by atoms with Gasteiger partial charge in [0.15, 0.2) is 11.5 Å². The van der Waals surface area contributed by atoms with Crippen molar-refractivity contribution in [2.75, 3.05) is 14.2 Å². The Morgan fingerprint density at radius 2 is 1.61 bits per heavy atom. The Balaban J connectivity index is 1.88. The van der Waals surface area contributed by atoms with Crippen molar-refractivity contribution in [2.45, 2.75) is 33.0 Å². The second-order valence-corrected chi connectivity index (χ2v) is 7.37. The second-order valence-electron chi connectivity index (χ2n) is 7.37. The van der Waals surface area contributed by atoms with Crippen molar-refractivity contribution in [3.63, 3.8) is 0 Å². The number of hydrogen-bond donors (Lipinski definition) is 0. The van der Waals surface area contributed by atoms with Crippen LogP contribution < -0.4 is 14.2 Å². The second kappa shape index (κ2) is 10.5. The molecule has 0 aliphatic rings. The van der Waals surface area contributed by atoms with E-state index in [1.807, 2.05) is 56.3 Å².